The Morgan fingerprint density at radius 3 is 2.90 bits per heavy atom. The molecule has 3 nitrogen and oxygen atoms in total. The monoisotopic (exact) mass is 299 g/mol. The fourth-order valence-electron chi connectivity index (χ4n) is 2.08. The largest absolute Gasteiger partial charge is 0.322 e. The summed E-state index contributed by atoms with van der Waals surface area (Å²) >= 11 is 1.70. The van der Waals surface area contributed by atoms with Crippen LogP contribution in [0.4, 0.5) is 16.0 Å². The van der Waals surface area contributed by atoms with Crippen LogP contribution in [0.1, 0.15) is 5.56 Å². The van der Waals surface area contributed by atoms with Crippen LogP contribution in [0, 0.1) is 5.82 Å². The van der Waals surface area contributed by atoms with Gasteiger partial charge in [0.15, 0.2) is 0 Å². The second-order valence-electron chi connectivity index (χ2n) is 4.62. The van der Waals surface area contributed by atoms with Gasteiger partial charge in [-0.3, -0.25) is 0 Å². The molecule has 2 aromatic carbocycles. The minimum absolute atomic E-state index is 0.309. The molecular formula is C16H14FN3S. The quantitative estimate of drug-likeness (QED) is 0.776. The van der Waals surface area contributed by atoms with Crippen LogP contribution in [0.3, 0.4) is 0 Å². The van der Waals surface area contributed by atoms with Gasteiger partial charge in [-0.2, -0.15) is 11.8 Å². The molecule has 0 saturated heterocycles. The van der Waals surface area contributed by atoms with Crippen molar-refractivity contribution in [2.45, 2.75) is 5.75 Å². The zero-order valence-corrected chi connectivity index (χ0v) is 12.3. The van der Waals surface area contributed by atoms with Gasteiger partial charge >= 0.3 is 0 Å². The Hall–Kier alpha value is -2.14. The number of anilines is 2. The lowest BCUT2D eigenvalue weighted by atomic mass is 10.2. The number of thioether (sulfide) groups is 1. The number of rotatable bonds is 4. The van der Waals surface area contributed by atoms with Gasteiger partial charge in [0, 0.05) is 17.3 Å². The summed E-state index contributed by atoms with van der Waals surface area (Å²) in [5, 5.41) is 3.91. The number of fused-ring (bicyclic) bond motifs is 1. The van der Waals surface area contributed by atoms with Crippen molar-refractivity contribution in [1.82, 2.24) is 9.97 Å². The minimum Gasteiger partial charge on any atom is -0.322 e. The van der Waals surface area contributed by atoms with E-state index in [0.29, 0.717) is 11.6 Å². The summed E-state index contributed by atoms with van der Waals surface area (Å²) in [6, 6.07) is 12.8. The van der Waals surface area contributed by atoms with Gasteiger partial charge in [-0.15, -0.1) is 0 Å². The van der Waals surface area contributed by atoms with Crippen molar-refractivity contribution in [3.63, 3.8) is 0 Å². The molecule has 0 saturated carbocycles. The minimum atomic E-state index is -0.309. The average molecular weight is 299 g/mol. The van der Waals surface area contributed by atoms with Gasteiger partial charge in [0.2, 0.25) is 5.95 Å². The number of benzene rings is 2. The van der Waals surface area contributed by atoms with E-state index in [1.54, 1.807) is 30.1 Å². The number of aromatic nitrogens is 2. The van der Waals surface area contributed by atoms with E-state index >= 15 is 0 Å². The Morgan fingerprint density at radius 1 is 1.19 bits per heavy atom. The van der Waals surface area contributed by atoms with Crippen molar-refractivity contribution in [1.29, 1.82) is 0 Å². The zero-order chi connectivity index (χ0) is 14.7. The van der Waals surface area contributed by atoms with Gasteiger partial charge in [-0.05, 0) is 30.0 Å². The first-order chi connectivity index (χ1) is 10.3. The number of hydrogen-bond donors (Lipinski definition) is 1. The molecule has 0 radical (unpaired) electrons. The van der Waals surface area contributed by atoms with Crippen molar-refractivity contribution in [2.75, 3.05) is 11.6 Å². The molecule has 1 N–H and O–H groups in total. The normalized spacial score (nSPS) is 10.8. The van der Waals surface area contributed by atoms with Gasteiger partial charge in [-0.25, -0.2) is 14.4 Å². The standard InChI is InChI=1S/C16H14FN3S/c1-21-10-11-6-7-13(17)15(8-11)20-16-18-9-12-4-2-3-5-14(12)19-16/h2-9H,10H2,1H3,(H,18,19,20). The summed E-state index contributed by atoms with van der Waals surface area (Å²) in [5.41, 5.74) is 2.29. The number of hydrogen-bond acceptors (Lipinski definition) is 4. The summed E-state index contributed by atoms with van der Waals surface area (Å²) in [6.45, 7) is 0. The lowest BCUT2D eigenvalue weighted by Gasteiger charge is -2.08. The third-order valence-electron chi connectivity index (χ3n) is 3.08. The molecule has 106 valence electrons. The topological polar surface area (TPSA) is 37.8 Å². The second kappa shape index (κ2) is 6.10. The van der Waals surface area contributed by atoms with Crippen LogP contribution in [0.15, 0.2) is 48.7 Å². The molecule has 3 rings (SSSR count). The molecule has 1 aromatic heterocycles. The van der Waals surface area contributed by atoms with E-state index in [0.717, 1.165) is 22.2 Å². The van der Waals surface area contributed by atoms with Crippen LogP contribution in [-0.2, 0) is 5.75 Å². The average Bonchev–Trinajstić information content (AvgIpc) is 2.51. The van der Waals surface area contributed by atoms with E-state index in [-0.39, 0.29) is 5.82 Å². The molecule has 3 aromatic rings. The Labute approximate surface area is 126 Å². The molecular weight excluding hydrogens is 285 g/mol. The van der Waals surface area contributed by atoms with Crippen molar-refractivity contribution in [3.8, 4) is 0 Å². The first-order valence-electron chi connectivity index (χ1n) is 6.52. The maximum atomic E-state index is 13.9. The molecule has 21 heavy (non-hydrogen) atoms. The Balaban J connectivity index is 1.92. The molecule has 0 aliphatic heterocycles. The predicted molar refractivity (Wildman–Crippen MR) is 86.4 cm³/mol. The van der Waals surface area contributed by atoms with Crippen LogP contribution in [0.5, 0.6) is 0 Å². The van der Waals surface area contributed by atoms with Crippen molar-refractivity contribution >= 4 is 34.3 Å². The maximum absolute atomic E-state index is 13.9. The van der Waals surface area contributed by atoms with E-state index in [9.17, 15) is 4.39 Å². The maximum Gasteiger partial charge on any atom is 0.227 e. The van der Waals surface area contributed by atoms with Crippen LogP contribution < -0.4 is 5.32 Å². The molecule has 0 aliphatic rings. The highest BCUT2D eigenvalue weighted by Gasteiger charge is 2.06. The summed E-state index contributed by atoms with van der Waals surface area (Å²) < 4.78 is 13.9. The number of para-hydroxylation sites is 1. The highest BCUT2D eigenvalue weighted by Crippen LogP contribution is 2.22. The Morgan fingerprint density at radius 2 is 2.05 bits per heavy atom. The van der Waals surface area contributed by atoms with Gasteiger partial charge in [0.05, 0.1) is 11.2 Å². The van der Waals surface area contributed by atoms with Crippen LogP contribution in [0.2, 0.25) is 0 Å². The van der Waals surface area contributed by atoms with E-state index in [2.05, 4.69) is 15.3 Å². The highest BCUT2D eigenvalue weighted by atomic mass is 32.2. The SMILES string of the molecule is CSCc1ccc(F)c(Nc2ncc3ccccc3n2)c1. The molecule has 0 bridgehead atoms. The lowest BCUT2D eigenvalue weighted by molar-refractivity contribution is 0.631. The Kier molecular flexibility index (Phi) is 4.01. The number of nitrogens with zero attached hydrogens (tertiary/aromatic N) is 2. The van der Waals surface area contributed by atoms with Gasteiger partial charge < -0.3 is 5.32 Å². The Bertz CT molecular complexity index is 776. The van der Waals surface area contributed by atoms with Crippen molar-refractivity contribution < 1.29 is 4.39 Å². The van der Waals surface area contributed by atoms with Crippen LogP contribution >= 0.6 is 11.8 Å². The molecule has 0 unspecified atom stereocenters. The summed E-state index contributed by atoms with van der Waals surface area (Å²) in [7, 11) is 0. The van der Waals surface area contributed by atoms with Crippen molar-refractivity contribution in [2.24, 2.45) is 0 Å². The molecule has 0 amide bonds. The zero-order valence-electron chi connectivity index (χ0n) is 11.5. The van der Waals surface area contributed by atoms with Crippen LogP contribution in [-0.4, -0.2) is 16.2 Å². The van der Waals surface area contributed by atoms with E-state index < -0.39 is 0 Å². The molecule has 1 heterocycles. The van der Waals surface area contributed by atoms with E-state index in [1.165, 1.54) is 6.07 Å². The molecule has 0 aliphatic carbocycles. The van der Waals surface area contributed by atoms with E-state index in [4.69, 9.17) is 0 Å². The third kappa shape index (κ3) is 3.13. The first-order valence-corrected chi connectivity index (χ1v) is 7.92. The molecule has 0 fully saturated rings. The van der Waals surface area contributed by atoms with Crippen LogP contribution in [0.25, 0.3) is 10.9 Å². The third-order valence-corrected chi connectivity index (χ3v) is 3.70. The first kappa shape index (κ1) is 13.8. The number of halogens is 1. The fraction of sp³-hybridized carbons (Fsp3) is 0.125. The summed E-state index contributed by atoms with van der Waals surface area (Å²) in [4.78, 5) is 8.62. The molecule has 0 atom stereocenters. The molecule has 0 spiro atoms. The predicted octanol–water partition coefficient (Wildman–Crippen LogP) is 4.38. The second-order valence-corrected chi connectivity index (χ2v) is 5.49. The summed E-state index contributed by atoms with van der Waals surface area (Å²) in [6.07, 6.45) is 3.75. The fourth-order valence-corrected chi connectivity index (χ4v) is 2.59. The van der Waals surface area contributed by atoms with Crippen molar-refractivity contribution in [3.05, 3.63) is 60.0 Å². The smallest absolute Gasteiger partial charge is 0.227 e. The highest BCUT2D eigenvalue weighted by molar-refractivity contribution is 7.97. The number of nitrogens with one attached hydrogen (secondary N) is 1. The summed E-state index contributed by atoms with van der Waals surface area (Å²) in [5.74, 6) is 0.929. The van der Waals surface area contributed by atoms with Gasteiger partial charge in [0.1, 0.15) is 5.82 Å². The van der Waals surface area contributed by atoms with E-state index in [1.807, 2.05) is 30.5 Å². The lowest BCUT2D eigenvalue weighted by Crippen LogP contribution is -2.00. The van der Waals surface area contributed by atoms with Gasteiger partial charge in [0.25, 0.3) is 0 Å². The van der Waals surface area contributed by atoms with Gasteiger partial charge in [-0.1, -0.05) is 24.3 Å². The molecule has 5 heteroatoms.